The second-order valence-electron chi connectivity index (χ2n) is 13.0. The number of hydrazine groups is 1. The molecule has 3 unspecified atom stereocenters. The SMILES string of the molecule is CC1(C)C2CCC1(CS(=O)(=O)N1CCC3(CCc4ccccc43)CC1)C(N(N)C(=O)CCCS(C)(=O)=O)C2. The molecule has 2 N–H and O–H groups in total. The summed E-state index contributed by atoms with van der Waals surface area (Å²) in [5.41, 5.74) is 2.00. The lowest BCUT2D eigenvalue weighted by Gasteiger charge is -2.47. The number of fused-ring (bicyclic) bond motifs is 4. The summed E-state index contributed by atoms with van der Waals surface area (Å²) < 4.78 is 52.7. The quantitative estimate of drug-likeness (QED) is 0.294. The molecule has 38 heavy (non-hydrogen) atoms. The van der Waals surface area contributed by atoms with E-state index >= 15 is 0 Å². The first kappa shape index (κ1) is 28.1. The van der Waals surface area contributed by atoms with E-state index in [1.807, 2.05) is 0 Å². The van der Waals surface area contributed by atoms with Crippen molar-refractivity contribution in [2.24, 2.45) is 22.6 Å². The zero-order valence-corrected chi connectivity index (χ0v) is 24.6. The van der Waals surface area contributed by atoms with Crippen molar-refractivity contribution in [3.8, 4) is 0 Å². The van der Waals surface area contributed by atoms with Crippen LogP contribution in [0.15, 0.2) is 24.3 Å². The minimum Gasteiger partial charge on any atom is -0.277 e. The lowest BCUT2D eigenvalue weighted by molar-refractivity contribution is -0.137. The Hall–Kier alpha value is -1.49. The van der Waals surface area contributed by atoms with E-state index < -0.39 is 25.3 Å². The first-order chi connectivity index (χ1) is 17.7. The third-order valence-electron chi connectivity index (χ3n) is 10.9. The van der Waals surface area contributed by atoms with Crippen LogP contribution >= 0.6 is 0 Å². The van der Waals surface area contributed by atoms with Crippen molar-refractivity contribution < 1.29 is 21.6 Å². The number of aryl methyl sites for hydroxylation is 1. The van der Waals surface area contributed by atoms with Gasteiger partial charge in [0.2, 0.25) is 15.9 Å². The fraction of sp³-hybridized carbons (Fsp3) is 0.750. The van der Waals surface area contributed by atoms with Gasteiger partial charge in [-0.15, -0.1) is 0 Å². The topological polar surface area (TPSA) is 118 Å². The number of benzene rings is 1. The molecule has 3 fully saturated rings. The lowest BCUT2D eigenvalue weighted by Crippen LogP contribution is -2.58. The number of amides is 1. The van der Waals surface area contributed by atoms with E-state index in [4.69, 9.17) is 5.84 Å². The van der Waals surface area contributed by atoms with E-state index in [1.54, 1.807) is 4.31 Å². The van der Waals surface area contributed by atoms with Crippen molar-refractivity contribution in [3.63, 3.8) is 0 Å². The fourth-order valence-corrected chi connectivity index (χ4v) is 11.4. The maximum Gasteiger partial charge on any atom is 0.236 e. The van der Waals surface area contributed by atoms with E-state index in [-0.39, 0.29) is 47.1 Å². The highest BCUT2D eigenvalue weighted by atomic mass is 32.2. The summed E-state index contributed by atoms with van der Waals surface area (Å²) in [4.78, 5) is 13.0. The van der Waals surface area contributed by atoms with Crippen molar-refractivity contribution in [2.75, 3.05) is 30.9 Å². The van der Waals surface area contributed by atoms with Gasteiger partial charge in [0.15, 0.2) is 0 Å². The van der Waals surface area contributed by atoms with Crippen molar-refractivity contribution in [1.82, 2.24) is 9.31 Å². The zero-order valence-electron chi connectivity index (χ0n) is 23.0. The van der Waals surface area contributed by atoms with Crippen LogP contribution in [-0.2, 0) is 36.5 Å². The van der Waals surface area contributed by atoms with Crippen LogP contribution in [0.4, 0.5) is 0 Å². The van der Waals surface area contributed by atoms with Gasteiger partial charge in [-0.2, -0.15) is 0 Å². The van der Waals surface area contributed by atoms with E-state index in [0.29, 0.717) is 25.4 Å². The van der Waals surface area contributed by atoms with Crippen molar-refractivity contribution >= 4 is 25.8 Å². The van der Waals surface area contributed by atoms with Gasteiger partial charge >= 0.3 is 0 Å². The Morgan fingerprint density at radius 3 is 2.42 bits per heavy atom. The number of nitrogens with zero attached hydrogens (tertiary/aromatic N) is 2. The molecule has 1 spiro atoms. The van der Waals surface area contributed by atoms with Gasteiger partial charge in [0.25, 0.3) is 0 Å². The van der Waals surface area contributed by atoms with Crippen LogP contribution in [0.3, 0.4) is 0 Å². The molecular formula is C28H43N3O5S2. The number of sulfone groups is 1. The monoisotopic (exact) mass is 565 g/mol. The molecule has 1 aromatic rings. The first-order valence-corrected chi connectivity index (χ1v) is 17.7. The first-order valence-electron chi connectivity index (χ1n) is 14.0. The van der Waals surface area contributed by atoms with Crippen molar-refractivity contribution in [2.45, 2.75) is 83.1 Å². The molecule has 8 nitrogen and oxygen atoms in total. The van der Waals surface area contributed by atoms with Crippen LogP contribution < -0.4 is 5.84 Å². The van der Waals surface area contributed by atoms with Gasteiger partial charge in [0.1, 0.15) is 9.84 Å². The van der Waals surface area contributed by atoms with Gasteiger partial charge < -0.3 is 0 Å². The van der Waals surface area contributed by atoms with Crippen LogP contribution in [0.25, 0.3) is 0 Å². The molecule has 0 radical (unpaired) electrons. The largest absolute Gasteiger partial charge is 0.277 e. The maximum absolute atomic E-state index is 14.0. The van der Waals surface area contributed by atoms with Crippen LogP contribution in [-0.4, -0.2) is 68.9 Å². The van der Waals surface area contributed by atoms with Gasteiger partial charge in [0, 0.05) is 31.2 Å². The maximum atomic E-state index is 14.0. The average molecular weight is 566 g/mol. The third-order valence-corrected chi connectivity index (χ3v) is 14.0. The zero-order chi connectivity index (χ0) is 27.6. The Labute approximate surface area is 228 Å². The molecule has 1 aromatic carbocycles. The van der Waals surface area contributed by atoms with Gasteiger partial charge in [-0.05, 0) is 79.2 Å². The highest BCUT2D eigenvalue weighted by molar-refractivity contribution is 7.90. The summed E-state index contributed by atoms with van der Waals surface area (Å²) >= 11 is 0. The molecule has 2 bridgehead atoms. The number of sulfonamides is 1. The van der Waals surface area contributed by atoms with Gasteiger partial charge in [-0.25, -0.2) is 27.0 Å². The van der Waals surface area contributed by atoms with Crippen LogP contribution in [0.2, 0.25) is 0 Å². The van der Waals surface area contributed by atoms with Crippen LogP contribution in [0.1, 0.15) is 76.3 Å². The fourth-order valence-electron chi connectivity index (χ4n) is 8.44. The standard InChI is InChI=1S/C28H43N3O5S2/c1-26(2)22-11-13-28(26,24(19-22)31(29)25(32)9-6-18-37(3,33)34)20-38(35,36)30-16-14-27(15-17-30)12-10-21-7-4-5-8-23(21)27/h4-5,7-8,22,24H,6,9-20,29H2,1-3H3. The molecule has 4 aliphatic rings. The number of hydrogen-bond donors (Lipinski definition) is 1. The summed E-state index contributed by atoms with van der Waals surface area (Å²) in [7, 11) is -6.73. The minimum absolute atomic E-state index is 0.00206. The number of nitrogens with two attached hydrogens (primary N) is 1. The van der Waals surface area contributed by atoms with E-state index in [9.17, 15) is 21.6 Å². The molecule has 1 heterocycles. The Kier molecular flexibility index (Phi) is 7.06. The second-order valence-corrected chi connectivity index (χ2v) is 17.2. The van der Waals surface area contributed by atoms with Crippen molar-refractivity contribution in [3.05, 3.63) is 35.4 Å². The lowest BCUT2D eigenvalue weighted by atomic mass is 9.68. The molecule has 0 aromatic heterocycles. The van der Waals surface area contributed by atoms with Crippen LogP contribution in [0.5, 0.6) is 0 Å². The minimum atomic E-state index is -3.57. The van der Waals surface area contributed by atoms with Gasteiger partial charge in [-0.1, -0.05) is 38.1 Å². The molecule has 10 heteroatoms. The van der Waals surface area contributed by atoms with E-state index in [2.05, 4.69) is 38.1 Å². The molecular weight excluding hydrogens is 522 g/mol. The summed E-state index contributed by atoms with van der Waals surface area (Å²) in [5, 5.41) is 1.26. The van der Waals surface area contributed by atoms with Crippen LogP contribution in [0, 0.1) is 16.7 Å². The predicted molar refractivity (Wildman–Crippen MR) is 148 cm³/mol. The predicted octanol–water partition coefficient (Wildman–Crippen LogP) is 3.02. The second kappa shape index (κ2) is 9.56. The highest BCUT2D eigenvalue weighted by Crippen LogP contribution is 2.67. The Bertz CT molecular complexity index is 1300. The summed E-state index contributed by atoms with van der Waals surface area (Å²) in [6.45, 7) is 5.34. The normalized spacial score (nSPS) is 30.0. The number of hydrogen-bond acceptors (Lipinski definition) is 6. The number of piperidine rings is 1. The molecule has 3 aliphatic carbocycles. The smallest absolute Gasteiger partial charge is 0.236 e. The highest BCUT2D eigenvalue weighted by Gasteiger charge is 2.67. The molecule has 2 saturated carbocycles. The molecule has 1 saturated heterocycles. The number of rotatable bonds is 8. The van der Waals surface area contributed by atoms with E-state index in [0.717, 1.165) is 44.8 Å². The van der Waals surface area contributed by atoms with Crippen molar-refractivity contribution in [1.29, 1.82) is 0 Å². The number of carbonyl (C=O) groups excluding carboxylic acids is 1. The summed E-state index contributed by atoms with van der Waals surface area (Å²) in [6.07, 6.45) is 7.61. The summed E-state index contributed by atoms with van der Waals surface area (Å²) in [5.74, 6) is 6.35. The molecule has 3 atom stereocenters. The molecule has 5 rings (SSSR count). The molecule has 1 aliphatic heterocycles. The molecule has 1 amide bonds. The summed E-state index contributed by atoms with van der Waals surface area (Å²) in [6, 6.07) is 8.23. The third kappa shape index (κ3) is 4.63. The average Bonchev–Trinajstić information content (AvgIpc) is 3.39. The number of carbonyl (C=O) groups is 1. The molecule has 212 valence electrons. The Balaban J connectivity index is 1.31. The Morgan fingerprint density at radius 2 is 1.76 bits per heavy atom. The van der Waals surface area contributed by atoms with Gasteiger partial charge in [0.05, 0.1) is 17.5 Å². The Morgan fingerprint density at radius 1 is 1.08 bits per heavy atom. The van der Waals surface area contributed by atoms with E-state index in [1.165, 1.54) is 16.1 Å². The van der Waals surface area contributed by atoms with Gasteiger partial charge in [-0.3, -0.25) is 9.80 Å².